The molecule has 2 amide bonds. The summed E-state index contributed by atoms with van der Waals surface area (Å²) in [6.07, 6.45) is 6.93. The third kappa shape index (κ3) is 4.32. The number of methoxy groups -OCH3 is 1. The van der Waals surface area contributed by atoms with Crippen molar-refractivity contribution in [3.63, 3.8) is 0 Å². The van der Waals surface area contributed by atoms with Crippen molar-refractivity contribution in [3.05, 3.63) is 62.7 Å². The van der Waals surface area contributed by atoms with Crippen LogP contribution in [0.25, 0.3) is 6.08 Å². The summed E-state index contributed by atoms with van der Waals surface area (Å²) in [5, 5.41) is 5.04. The van der Waals surface area contributed by atoms with Crippen LogP contribution < -0.4 is 9.47 Å². The highest BCUT2D eigenvalue weighted by Crippen LogP contribution is 2.35. The lowest BCUT2D eigenvalue weighted by molar-refractivity contribution is -0.123. The minimum atomic E-state index is -0.474. The molecule has 1 aliphatic rings. The zero-order chi connectivity index (χ0) is 21.0. The summed E-state index contributed by atoms with van der Waals surface area (Å²) in [4.78, 5) is 25.4. The van der Waals surface area contributed by atoms with Gasteiger partial charge in [0.2, 0.25) is 0 Å². The van der Waals surface area contributed by atoms with Crippen LogP contribution in [0.4, 0.5) is 0 Å². The molecule has 2 aromatic carbocycles. The van der Waals surface area contributed by atoms with Crippen molar-refractivity contribution in [2.45, 2.75) is 6.92 Å². The van der Waals surface area contributed by atoms with Crippen LogP contribution in [0.5, 0.6) is 11.5 Å². The molecule has 0 unspecified atom stereocenters. The molecular formula is C22H17IN2O4. The number of rotatable bonds is 5. The van der Waals surface area contributed by atoms with Gasteiger partial charge in [0, 0.05) is 5.56 Å². The van der Waals surface area contributed by atoms with Crippen LogP contribution in [0.1, 0.15) is 22.8 Å². The minimum absolute atomic E-state index is 0.119. The highest BCUT2D eigenvalue weighted by Gasteiger charge is 2.33. The molecular weight excluding hydrogens is 483 g/mol. The summed E-state index contributed by atoms with van der Waals surface area (Å²) in [5.74, 6) is 2.51. The van der Waals surface area contributed by atoms with E-state index in [1.54, 1.807) is 49.4 Å². The first-order valence-electron chi connectivity index (χ1n) is 8.61. The number of imide groups is 1. The third-order valence-electron chi connectivity index (χ3n) is 4.14. The Balaban J connectivity index is 1.92. The highest BCUT2D eigenvalue weighted by molar-refractivity contribution is 14.1. The predicted octanol–water partition coefficient (Wildman–Crippen LogP) is 3.75. The van der Waals surface area contributed by atoms with Gasteiger partial charge in [-0.25, -0.2) is 0 Å². The van der Waals surface area contributed by atoms with E-state index in [-0.39, 0.29) is 6.61 Å². The summed E-state index contributed by atoms with van der Waals surface area (Å²) < 4.78 is 11.7. The maximum Gasteiger partial charge on any atom is 0.283 e. The number of hydrogen-bond donors (Lipinski definition) is 0. The lowest BCUT2D eigenvalue weighted by Crippen LogP contribution is -2.29. The van der Waals surface area contributed by atoms with E-state index in [1.807, 2.05) is 6.07 Å². The Kier molecular flexibility index (Phi) is 6.34. The van der Waals surface area contributed by atoms with Gasteiger partial charge in [-0.05, 0) is 65.4 Å². The van der Waals surface area contributed by atoms with Gasteiger partial charge in [0.15, 0.2) is 11.5 Å². The molecule has 6 nitrogen and oxygen atoms in total. The van der Waals surface area contributed by atoms with E-state index in [9.17, 15) is 9.59 Å². The van der Waals surface area contributed by atoms with Crippen LogP contribution in [-0.4, -0.2) is 36.3 Å². The Morgan fingerprint density at radius 3 is 2.69 bits per heavy atom. The number of hydrogen-bond acceptors (Lipinski definition) is 5. The average molecular weight is 500 g/mol. The van der Waals surface area contributed by atoms with E-state index in [1.165, 1.54) is 7.11 Å². The molecule has 0 atom stereocenters. The van der Waals surface area contributed by atoms with Crippen molar-refractivity contribution >= 4 is 46.2 Å². The first-order chi connectivity index (χ1) is 14.0. The molecule has 0 aliphatic carbocycles. The van der Waals surface area contributed by atoms with Crippen molar-refractivity contribution in [1.82, 2.24) is 5.01 Å². The fourth-order valence-corrected chi connectivity index (χ4v) is 3.55. The van der Waals surface area contributed by atoms with E-state index in [0.29, 0.717) is 33.9 Å². The Morgan fingerprint density at radius 2 is 2.03 bits per heavy atom. The third-order valence-corrected chi connectivity index (χ3v) is 4.94. The van der Waals surface area contributed by atoms with Gasteiger partial charge in [-0.1, -0.05) is 24.1 Å². The van der Waals surface area contributed by atoms with E-state index in [4.69, 9.17) is 15.9 Å². The molecule has 1 heterocycles. The monoisotopic (exact) mass is 500 g/mol. The van der Waals surface area contributed by atoms with Gasteiger partial charge < -0.3 is 9.47 Å². The molecule has 3 rings (SSSR count). The van der Waals surface area contributed by atoms with Crippen molar-refractivity contribution < 1.29 is 19.1 Å². The number of amides is 2. The topological polar surface area (TPSA) is 68.2 Å². The molecule has 2 aromatic rings. The van der Waals surface area contributed by atoms with Gasteiger partial charge in [0.25, 0.3) is 11.8 Å². The smallest absolute Gasteiger partial charge is 0.283 e. The zero-order valence-electron chi connectivity index (χ0n) is 15.8. The number of carbonyl (C=O) groups excluding carboxylic acids is 2. The van der Waals surface area contributed by atoms with E-state index in [0.717, 1.165) is 8.58 Å². The predicted molar refractivity (Wildman–Crippen MR) is 119 cm³/mol. The molecule has 0 saturated heterocycles. The Morgan fingerprint density at radius 1 is 1.31 bits per heavy atom. The highest BCUT2D eigenvalue weighted by atomic mass is 127. The van der Waals surface area contributed by atoms with E-state index < -0.39 is 11.8 Å². The summed E-state index contributed by atoms with van der Waals surface area (Å²) in [5.41, 5.74) is 1.90. The van der Waals surface area contributed by atoms with Crippen molar-refractivity contribution in [2.24, 2.45) is 5.10 Å². The minimum Gasteiger partial charge on any atom is -0.493 e. The lowest BCUT2D eigenvalue weighted by Gasteiger charge is -2.12. The number of halogens is 1. The zero-order valence-corrected chi connectivity index (χ0v) is 18.0. The van der Waals surface area contributed by atoms with Crippen LogP contribution in [0.15, 0.2) is 53.1 Å². The van der Waals surface area contributed by atoms with Crippen LogP contribution in [0, 0.1) is 15.9 Å². The number of terminal acetylenes is 1. The maximum absolute atomic E-state index is 12.8. The van der Waals surface area contributed by atoms with Gasteiger partial charge in [-0.3, -0.25) is 9.59 Å². The largest absolute Gasteiger partial charge is 0.493 e. The molecule has 1 aliphatic heterocycles. The standard InChI is InChI=1S/C22H17IN2O4/c1-4-10-29-20-18(23)12-15(13-19(20)28-3)11-17-14(2)24-25(22(17)27)21(26)16-8-6-5-7-9-16/h1,5-9,11-13H,10H2,2-3H3/b17-11+. The molecule has 0 radical (unpaired) electrons. The number of nitrogens with zero attached hydrogens (tertiary/aromatic N) is 2. The molecule has 146 valence electrons. The van der Waals surface area contributed by atoms with Gasteiger partial charge >= 0.3 is 0 Å². The molecule has 0 bridgehead atoms. The van der Waals surface area contributed by atoms with Crippen molar-refractivity contribution in [3.8, 4) is 23.8 Å². The SMILES string of the molecule is C#CCOc1c(I)cc(/C=C2/C(=O)N(C(=O)c3ccccc3)N=C2C)cc1OC. The first-order valence-corrected chi connectivity index (χ1v) is 9.69. The summed E-state index contributed by atoms with van der Waals surface area (Å²) in [7, 11) is 1.53. The second-order valence-corrected chi connectivity index (χ2v) is 7.22. The molecule has 0 aromatic heterocycles. The summed E-state index contributed by atoms with van der Waals surface area (Å²) in [6.45, 7) is 1.81. The fraction of sp³-hybridized carbons (Fsp3) is 0.136. The Hall–Kier alpha value is -3.12. The number of ether oxygens (including phenoxy) is 2. The summed E-state index contributed by atoms with van der Waals surface area (Å²) >= 11 is 2.11. The lowest BCUT2D eigenvalue weighted by atomic mass is 10.1. The van der Waals surface area contributed by atoms with Gasteiger partial charge in [0.1, 0.15) is 6.61 Å². The normalized spacial score (nSPS) is 14.6. The van der Waals surface area contributed by atoms with Gasteiger partial charge in [-0.2, -0.15) is 10.1 Å². The molecule has 29 heavy (non-hydrogen) atoms. The van der Waals surface area contributed by atoms with Crippen LogP contribution >= 0.6 is 22.6 Å². The van der Waals surface area contributed by atoms with Gasteiger partial charge in [-0.15, -0.1) is 6.42 Å². The second-order valence-electron chi connectivity index (χ2n) is 6.06. The van der Waals surface area contributed by atoms with Crippen LogP contribution in [-0.2, 0) is 4.79 Å². The molecule has 0 N–H and O–H groups in total. The van der Waals surface area contributed by atoms with Crippen molar-refractivity contribution in [2.75, 3.05) is 13.7 Å². The molecule has 7 heteroatoms. The van der Waals surface area contributed by atoms with E-state index >= 15 is 0 Å². The quantitative estimate of drug-likeness (QED) is 0.272. The number of benzene rings is 2. The molecule has 0 saturated carbocycles. The molecule has 0 spiro atoms. The average Bonchev–Trinajstić information content (AvgIpc) is 3.01. The molecule has 0 fully saturated rings. The first kappa shape index (κ1) is 20.6. The van der Waals surface area contributed by atoms with Crippen molar-refractivity contribution in [1.29, 1.82) is 0 Å². The van der Waals surface area contributed by atoms with E-state index in [2.05, 4.69) is 33.6 Å². The van der Waals surface area contributed by atoms with Gasteiger partial charge in [0.05, 0.1) is 22.0 Å². The Bertz CT molecular complexity index is 1070. The maximum atomic E-state index is 12.8. The van der Waals surface area contributed by atoms with Crippen LogP contribution in [0.3, 0.4) is 0 Å². The second kappa shape index (κ2) is 8.92. The fourth-order valence-electron chi connectivity index (χ4n) is 2.77. The summed E-state index contributed by atoms with van der Waals surface area (Å²) in [6, 6.07) is 12.1. The number of carbonyl (C=O) groups is 2. The Labute approximate surface area is 182 Å². The number of hydrazone groups is 1. The van der Waals surface area contributed by atoms with Crippen LogP contribution in [0.2, 0.25) is 0 Å².